The molecule has 2 heterocycles. The van der Waals surface area contributed by atoms with Crippen LogP contribution < -0.4 is 10.6 Å². The molecule has 1 aliphatic heterocycles. The number of pyridine rings is 1. The summed E-state index contributed by atoms with van der Waals surface area (Å²) in [6.45, 7) is 2.82. The summed E-state index contributed by atoms with van der Waals surface area (Å²) in [5.74, 6) is 0.627. The fraction of sp³-hybridized carbons (Fsp3) is 0.500. The van der Waals surface area contributed by atoms with Gasteiger partial charge in [-0.05, 0) is 54.4 Å². The van der Waals surface area contributed by atoms with E-state index in [9.17, 15) is 4.79 Å². The van der Waals surface area contributed by atoms with Gasteiger partial charge < -0.3 is 10.6 Å². The summed E-state index contributed by atoms with van der Waals surface area (Å²) < 4.78 is 0.950. The monoisotopic (exact) mass is 297 g/mol. The van der Waals surface area contributed by atoms with Crippen LogP contribution in [0.1, 0.15) is 25.0 Å². The lowest BCUT2D eigenvalue weighted by molar-refractivity contribution is -0.118. The Bertz CT molecular complexity index is 416. The van der Waals surface area contributed by atoms with Crippen LogP contribution in [-0.2, 0) is 4.79 Å². The van der Waals surface area contributed by atoms with Crippen LogP contribution in [-0.4, -0.2) is 23.5 Å². The molecule has 1 atom stereocenters. The predicted octanol–water partition coefficient (Wildman–Crippen LogP) is 2.23. The molecule has 2 N–H and O–H groups in total. The highest BCUT2D eigenvalue weighted by molar-refractivity contribution is 9.10. The second-order valence-corrected chi connectivity index (χ2v) is 5.11. The number of anilines is 1. The molecule has 1 aliphatic rings. The molecule has 0 radical (unpaired) electrons. The molecule has 0 spiro atoms. The van der Waals surface area contributed by atoms with E-state index in [0.29, 0.717) is 5.82 Å². The van der Waals surface area contributed by atoms with E-state index in [1.54, 1.807) is 6.07 Å². The van der Waals surface area contributed by atoms with Gasteiger partial charge in [-0.3, -0.25) is 4.79 Å². The first-order valence-electron chi connectivity index (χ1n) is 5.84. The molecule has 0 aromatic carbocycles. The van der Waals surface area contributed by atoms with Gasteiger partial charge in [-0.1, -0.05) is 6.42 Å². The van der Waals surface area contributed by atoms with Crippen molar-refractivity contribution in [2.75, 3.05) is 11.9 Å². The van der Waals surface area contributed by atoms with Gasteiger partial charge in [0.15, 0.2) is 0 Å². The van der Waals surface area contributed by atoms with Crippen molar-refractivity contribution in [1.82, 2.24) is 10.3 Å². The number of aromatic nitrogens is 1. The fourth-order valence-corrected chi connectivity index (χ4v) is 2.12. The number of carbonyl (C=O) groups excluding carboxylic acids is 1. The molecule has 1 aromatic rings. The van der Waals surface area contributed by atoms with Gasteiger partial charge in [0, 0.05) is 4.47 Å². The van der Waals surface area contributed by atoms with Crippen molar-refractivity contribution in [3.8, 4) is 0 Å². The molecule has 0 aliphatic carbocycles. The molecule has 0 bridgehead atoms. The van der Waals surface area contributed by atoms with E-state index in [1.807, 2.05) is 13.0 Å². The van der Waals surface area contributed by atoms with Crippen molar-refractivity contribution in [3.05, 3.63) is 22.3 Å². The highest BCUT2D eigenvalue weighted by Crippen LogP contribution is 2.17. The summed E-state index contributed by atoms with van der Waals surface area (Å²) in [4.78, 5) is 16.2. The van der Waals surface area contributed by atoms with Crippen LogP contribution in [0, 0.1) is 6.92 Å². The Morgan fingerprint density at radius 3 is 3.00 bits per heavy atom. The van der Waals surface area contributed by atoms with Crippen LogP contribution >= 0.6 is 15.9 Å². The first-order chi connectivity index (χ1) is 8.16. The van der Waals surface area contributed by atoms with E-state index < -0.39 is 0 Å². The molecule has 0 unspecified atom stereocenters. The number of carbonyl (C=O) groups is 1. The molecule has 0 saturated carbocycles. The minimum absolute atomic E-state index is 0.0129. The molecule has 1 saturated heterocycles. The number of hydrogen-bond acceptors (Lipinski definition) is 3. The number of aryl methyl sites for hydroxylation is 1. The Morgan fingerprint density at radius 1 is 1.53 bits per heavy atom. The van der Waals surface area contributed by atoms with Gasteiger partial charge >= 0.3 is 0 Å². The second kappa shape index (κ2) is 5.60. The Balaban J connectivity index is 1.99. The number of nitrogens with zero attached hydrogens (tertiary/aromatic N) is 1. The van der Waals surface area contributed by atoms with Crippen molar-refractivity contribution in [3.63, 3.8) is 0 Å². The number of nitrogens with one attached hydrogen (secondary N) is 2. The molecule has 1 amide bonds. The van der Waals surface area contributed by atoms with Gasteiger partial charge in [-0.25, -0.2) is 4.98 Å². The third kappa shape index (κ3) is 3.26. The van der Waals surface area contributed by atoms with Crippen LogP contribution in [0.2, 0.25) is 0 Å². The predicted molar refractivity (Wildman–Crippen MR) is 70.9 cm³/mol. The van der Waals surface area contributed by atoms with E-state index in [0.717, 1.165) is 36.0 Å². The van der Waals surface area contributed by atoms with E-state index in [1.165, 1.54) is 0 Å². The zero-order chi connectivity index (χ0) is 12.3. The first kappa shape index (κ1) is 12.5. The van der Waals surface area contributed by atoms with Crippen molar-refractivity contribution in [2.45, 2.75) is 32.2 Å². The number of amides is 1. The summed E-state index contributed by atoms with van der Waals surface area (Å²) in [5, 5.41) is 6.06. The number of hydrogen-bond donors (Lipinski definition) is 2. The van der Waals surface area contributed by atoms with E-state index >= 15 is 0 Å². The third-order valence-electron chi connectivity index (χ3n) is 2.90. The highest BCUT2D eigenvalue weighted by atomic mass is 79.9. The summed E-state index contributed by atoms with van der Waals surface area (Å²) in [6, 6.07) is 3.62. The first-order valence-corrected chi connectivity index (χ1v) is 6.63. The summed E-state index contributed by atoms with van der Waals surface area (Å²) >= 11 is 3.38. The Labute approximate surface area is 109 Å². The number of halogens is 1. The highest BCUT2D eigenvalue weighted by Gasteiger charge is 2.20. The quantitative estimate of drug-likeness (QED) is 0.880. The largest absolute Gasteiger partial charge is 0.309 e. The molecule has 5 heteroatoms. The number of piperidine rings is 1. The number of rotatable bonds is 2. The lowest BCUT2D eigenvalue weighted by Crippen LogP contribution is -2.43. The normalized spacial score (nSPS) is 20.0. The van der Waals surface area contributed by atoms with Crippen LogP contribution in [0.25, 0.3) is 0 Å². The molecular weight excluding hydrogens is 282 g/mol. The molecule has 2 rings (SSSR count). The minimum atomic E-state index is -0.0745. The molecule has 1 aromatic heterocycles. The third-order valence-corrected chi connectivity index (χ3v) is 3.74. The van der Waals surface area contributed by atoms with Crippen LogP contribution in [0.15, 0.2) is 16.6 Å². The van der Waals surface area contributed by atoms with Gasteiger partial charge in [-0.2, -0.15) is 0 Å². The SMILES string of the molecule is Cc1nc(NC(=O)[C@@H]2CCCCN2)ccc1Br. The lowest BCUT2D eigenvalue weighted by atomic mass is 10.0. The topological polar surface area (TPSA) is 54.0 Å². The van der Waals surface area contributed by atoms with Gasteiger partial charge in [0.2, 0.25) is 5.91 Å². The zero-order valence-electron chi connectivity index (χ0n) is 9.79. The Kier molecular flexibility index (Phi) is 4.12. The summed E-state index contributed by atoms with van der Waals surface area (Å²) in [7, 11) is 0. The average molecular weight is 298 g/mol. The van der Waals surface area contributed by atoms with E-state index in [4.69, 9.17) is 0 Å². The van der Waals surface area contributed by atoms with Crippen molar-refractivity contribution < 1.29 is 4.79 Å². The Hall–Kier alpha value is -0.940. The van der Waals surface area contributed by atoms with Gasteiger partial charge in [0.05, 0.1) is 11.7 Å². The van der Waals surface area contributed by atoms with E-state index in [-0.39, 0.29) is 11.9 Å². The van der Waals surface area contributed by atoms with E-state index in [2.05, 4.69) is 31.5 Å². The maximum Gasteiger partial charge on any atom is 0.242 e. The van der Waals surface area contributed by atoms with Crippen LogP contribution in [0.5, 0.6) is 0 Å². The zero-order valence-corrected chi connectivity index (χ0v) is 11.4. The Morgan fingerprint density at radius 2 is 2.35 bits per heavy atom. The molecule has 92 valence electrons. The van der Waals surface area contributed by atoms with Crippen LogP contribution in [0.4, 0.5) is 5.82 Å². The maximum atomic E-state index is 11.9. The molecule has 4 nitrogen and oxygen atoms in total. The second-order valence-electron chi connectivity index (χ2n) is 4.26. The fourth-order valence-electron chi connectivity index (χ4n) is 1.90. The molecular formula is C12H16BrN3O. The van der Waals surface area contributed by atoms with Gasteiger partial charge in [0.1, 0.15) is 5.82 Å². The summed E-state index contributed by atoms with van der Waals surface area (Å²) in [5.41, 5.74) is 0.874. The van der Waals surface area contributed by atoms with Crippen molar-refractivity contribution >= 4 is 27.7 Å². The minimum Gasteiger partial charge on any atom is -0.309 e. The lowest BCUT2D eigenvalue weighted by Gasteiger charge is -2.22. The smallest absolute Gasteiger partial charge is 0.242 e. The van der Waals surface area contributed by atoms with Gasteiger partial charge in [-0.15, -0.1) is 0 Å². The average Bonchev–Trinajstić information content (AvgIpc) is 2.35. The van der Waals surface area contributed by atoms with Crippen molar-refractivity contribution in [2.24, 2.45) is 0 Å². The molecule has 17 heavy (non-hydrogen) atoms. The van der Waals surface area contributed by atoms with Crippen molar-refractivity contribution in [1.29, 1.82) is 0 Å². The van der Waals surface area contributed by atoms with Gasteiger partial charge in [0.25, 0.3) is 0 Å². The summed E-state index contributed by atoms with van der Waals surface area (Å²) in [6.07, 6.45) is 3.17. The van der Waals surface area contributed by atoms with Crippen LogP contribution in [0.3, 0.4) is 0 Å². The molecule has 1 fully saturated rings. The standard InChI is InChI=1S/C12H16BrN3O/c1-8-9(13)5-6-11(15-8)16-12(17)10-4-2-3-7-14-10/h5-6,10,14H,2-4,7H2,1H3,(H,15,16,17)/t10-/m0/s1. The maximum absolute atomic E-state index is 11.9.